The number of hydrogen-bond donors (Lipinski definition) is 2. The molecule has 3 nitrogen and oxygen atoms in total. The zero-order chi connectivity index (χ0) is 17.6. The Balaban J connectivity index is 2.49. The van der Waals surface area contributed by atoms with E-state index in [9.17, 15) is 10.3 Å². The van der Waals surface area contributed by atoms with Crippen LogP contribution in [-0.4, -0.2) is 16.0 Å². The summed E-state index contributed by atoms with van der Waals surface area (Å²) in [6.45, 7) is 4.39. The van der Waals surface area contributed by atoms with Gasteiger partial charge in [0.1, 0.15) is 5.75 Å². The van der Waals surface area contributed by atoms with Crippen LogP contribution in [0.2, 0.25) is 0 Å². The lowest BCUT2D eigenvalue weighted by atomic mass is 9.98. The van der Waals surface area contributed by atoms with Gasteiger partial charge >= 0.3 is 0 Å². The van der Waals surface area contributed by atoms with E-state index in [1.165, 1.54) is 50.5 Å². The van der Waals surface area contributed by atoms with Crippen LogP contribution in [0.15, 0.2) is 23.4 Å². The van der Waals surface area contributed by atoms with E-state index in [4.69, 9.17) is 0 Å². The average molecular weight is 334 g/mol. The third kappa shape index (κ3) is 7.85. The van der Waals surface area contributed by atoms with Gasteiger partial charge in [-0.1, -0.05) is 76.4 Å². The van der Waals surface area contributed by atoms with Crippen molar-refractivity contribution >= 4 is 5.71 Å². The summed E-state index contributed by atoms with van der Waals surface area (Å²) in [7, 11) is 0. The van der Waals surface area contributed by atoms with Crippen LogP contribution in [0.4, 0.5) is 0 Å². The highest BCUT2D eigenvalue weighted by atomic mass is 16.4. The van der Waals surface area contributed by atoms with E-state index in [1.807, 2.05) is 12.1 Å². The summed E-state index contributed by atoms with van der Waals surface area (Å²) >= 11 is 0. The van der Waals surface area contributed by atoms with Gasteiger partial charge in [0.05, 0.1) is 5.71 Å². The molecule has 0 aliphatic carbocycles. The SMILES string of the molecule is CCCCCCCCCc1ccc(O)c(/C(CCCCC)=N\O)c1. The van der Waals surface area contributed by atoms with Gasteiger partial charge in [-0.2, -0.15) is 0 Å². The number of rotatable bonds is 13. The van der Waals surface area contributed by atoms with Crippen molar-refractivity contribution in [3.05, 3.63) is 29.3 Å². The number of aryl methyl sites for hydroxylation is 1. The fraction of sp³-hybridized carbons (Fsp3) is 0.667. The molecule has 136 valence electrons. The summed E-state index contributed by atoms with van der Waals surface area (Å²) in [4.78, 5) is 0. The molecular weight excluding hydrogens is 298 g/mol. The van der Waals surface area contributed by atoms with Crippen LogP contribution < -0.4 is 0 Å². The van der Waals surface area contributed by atoms with Crippen molar-refractivity contribution in [2.45, 2.75) is 90.9 Å². The quantitative estimate of drug-likeness (QED) is 0.189. The smallest absolute Gasteiger partial charge is 0.124 e. The Morgan fingerprint density at radius 2 is 1.50 bits per heavy atom. The number of nitrogens with zero attached hydrogens (tertiary/aromatic N) is 1. The maximum atomic E-state index is 10.1. The molecule has 3 heteroatoms. The zero-order valence-corrected chi connectivity index (χ0v) is 15.6. The summed E-state index contributed by atoms with van der Waals surface area (Å²) < 4.78 is 0. The van der Waals surface area contributed by atoms with Crippen molar-refractivity contribution in [3.63, 3.8) is 0 Å². The first-order valence-electron chi connectivity index (χ1n) is 9.76. The average Bonchev–Trinajstić information content (AvgIpc) is 2.60. The van der Waals surface area contributed by atoms with Crippen molar-refractivity contribution in [3.8, 4) is 5.75 Å². The summed E-state index contributed by atoms with van der Waals surface area (Å²) in [6.07, 6.45) is 14.0. The van der Waals surface area contributed by atoms with Crippen LogP contribution in [0, 0.1) is 0 Å². The molecule has 1 aromatic carbocycles. The predicted molar refractivity (Wildman–Crippen MR) is 102 cm³/mol. The number of phenols is 1. The van der Waals surface area contributed by atoms with Crippen LogP contribution in [0.25, 0.3) is 0 Å². The molecule has 1 aromatic rings. The number of benzene rings is 1. The molecule has 1 rings (SSSR count). The lowest BCUT2D eigenvalue weighted by Crippen LogP contribution is -2.03. The summed E-state index contributed by atoms with van der Waals surface area (Å²) in [6, 6.07) is 5.71. The lowest BCUT2D eigenvalue weighted by molar-refractivity contribution is 0.317. The van der Waals surface area contributed by atoms with E-state index in [0.717, 1.165) is 25.7 Å². The first kappa shape index (κ1) is 20.5. The molecule has 0 heterocycles. The fourth-order valence-electron chi connectivity index (χ4n) is 3.04. The maximum absolute atomic E-state index is 10.1. The van der Waals surface area contributed by atoms with Crippen LogP contribution in [0.3, 0.4) is 0 Å². The molecule has 0 saturated heterocycles. The monoisotopic (exact) mass is 333 g/mol. The van der Waals surface area contributed by atoms with Gasteiger partial charge in [0, 0.05) is 5.56 Å². The molecule has 0 atom stereocenters. The molecule has 24 heavy (non-hydrogen) atoms. The number of oxime groups is 1. The molecule has 0 aliphatic rings. The third-order valence-electron chi connectivity index (χ3n) is 4.58. The summed E-state index contributed by atoms with van der Waals surface area (Å²) in [5.41, 5.74) is 2.50. The van der Waals surface area contributed by atoms with Gasteiger partial charge in [0.15, 0.2) is 0 Å². The molecule has 0 bridgehead atoms. The van der Waals surface area contributed by atoms with Gasteiger partial charge in [-0.05, 0) is 43.4 Å². The molecule has 0 saturated carbocycles. The van der Waals surface area contributed by atoms with E-state index in [-0.39, 0.29) is 5.75 Å². The van der Waals surface area contributed by atoms with E-state index in [2.05, 4.69) is 19.0 Å². The Morgan fingerprint density at radius 1 is 0.875 bits per heavy atom. The predicted octanol–water partition coefficient (Wildman–Crippen LogP) is 6.44. The van der Waals surface area contributed by atoms with Crippen molar-refractivity contribution < 1.29 is 10.3 Å². The van der Waals surface area contributed by atoms with E-state index in [0.29, 0.717) is 17.7 Å². The van der Waals surface area contributed by atoms with Gasteiger partial charge in [-0.15, -0.1) is 0 Å². The van der Waals surface area contributed by atoms with E-state index < -0.39 is 0 Å². The largest absolute Gasteiger partial charge is 0.507 e. The standard InChI is InChI=1S/C21H35NO2/c1-3-5-7-8-9-10-12-13-18-15-16-21(23)19(17-18)20(22-24)14-11-6-4-2/h15-17,23-24H,3-14H2,1-2H3/b22-20-. The second-order valence-electron chi connectivity index (χ2n) is 6.73. The first-order valence-corrected chi connectivity index (χ1v) is 9.76. The minimum atomic E-state index is 0.211. The van der Waals surface area contributed by atoms with E-state index in [1.54, 1.807) is 6.07 Å². The molecule has 0 aliphatic heterocycles. The van der Waals surface area contributed by atoms with Gasteiger partial charge in [0.25, 0.3) is 0 Å². The number of unbranched alkanes of at least 4 members (excludes halogenated alkanes) is 8. The molecule has 2 N–H and O–H groups in total. The molecule has 0 unspecified atom stereocenters. The Kier molecular flexibility index (Phi) is 11.0. The van der Waals surface area contributed by atoms with Crippen molar-refractivity contribution in [1.82, 2.24) is 0 Å². The minimum Gasteiger partial charge on any atom is -0.507 e. The highest BCUT2D eigenvalue weighted by molar-refractivity contribution is 6.02. The number of hydrogen-bond acceptors (Lipinski definition) is 3. The summed E-state index contributed by atoms with van der Waals surface area (Å²) in [5.74, 6) is 0.211. The number of aromatic hydroxyl groups is 1. The Bertz CT molecular complexity index is 483. The molecule has 0 radical (unpaired) electrons. The Labute approximate surface area is 147 Å². The molecule has 0 amide bonds. The number of phenolic OH excluding ortho intramolecular Hbond substituents is 1. The zero-order valence-electron chi connectivity index (χ0n) is 15.6. The normalized spacial score (nSPS) is 11.8. The second-order valence-corrected chi connectivity index (χ2v) is 6.73. The lowest BCUT2D eigenvalue weighted by Gasteiger charge is -2.10. The van der Waals surface area contributed by atoms with Gasteiger partial charge in [-0.3, -0.25) is 0 Å². The van der Waals surface area contributed by atoms with Crippen LogP contribution in [0.5, 0.6) is 5.75 Å². The highest BCUT2D eigenvalue weighted by Crippen LogP contribution is 2.23. The Hall–Kier alpha value is -1.51. The third-order valence-corrected chi connectivity index (χ3v) is 4.58. The van der Waals surface area contributed by atoms with Gasteiger partial charge in [-0.25, -0.2) is 0 Å². The van der Waals surface area contributed by atoms with Gasteiger partial charge < -0.3 is 10.3 Å². The second kappa shape index (κ2) is 12.9. The first-order chi connectivity index (χ1) is 11.7. The molecular formula is C21H35NO2. The van der Waals surface area contributed by atoms with Crippen LogP contribution in [-0.2, 0) is 6.42 Å². The van der Waals surface area contributed by atoms with Crippen molar-refractivity contribution in [2.75, 3.05) is 0 Å². The van der Waals surface area contributed by atoms with Crippen molar-refractivity contribution in [2.24, 2.45) is 5.16 Å². The minimum absolute atomic E-state index is 0.211. The van der Waals surface area contributed by atoms with Crippen molar-refractivity contribution in [1.29, 1.82) is 0 Å². The highest BCUT2D eigenvalue weighted by Gasteiger charge is 2.11. The van der Waals surface area contributed by atoms with Crippen LogP contribution in [0.1, 0.15) is 95.6 Å². The summed E-state index contributed by atoms with van der Waals surface area (Å²) in [5, 5.41) is 22.8. The molecule has 0 aromatic heterocycles. The fourth-order valence-corrected chi connectivity index (χ4v) is 3.04. The maximum Gasteiger partial charge on any atom is 0.124 e. The van der Waals surface area contributed by atoms with Crippen LogP contribution >= 0.6 is 0 Å². The Morgan fingerprint density at radius 3 is 2.17 bits per heavy atom. The molecule has 0 spiro atoms. The topological polar surface area (TPSA) is 52.8 Å². The molecule has 0 fully saturated rings. The van der Waals surface area contributed by atoms with E-state index >= 15 is 0 Å². The van der Waals surface area contributed by atoms with Gasteiger partial charge in [0.2, 0.25) is 0 Å².